The molecule has 0 amide bonds. The molecule has 27 heavy (non-hydrogen) atoms. The van der Waals surface area contributed by atoms with Crippen molar-refractivity contribution >= 4 is 21.6 Å². The zero-order valence-corrected chi connectivity index (χ0v) is 16.3. The average Bonchev–Trinajstić information content (AvgIpc) is 2.68. The van der Waals surface area contributed by atoms with Gasteiger partial charge in [0.05, 0.1) is 7.11 Å². The summed E-state index contributed by atoms with van der Waals surface area (Å²) in [6.45, 7) is 0.663. The van der Waals surface area contributed by atoms with E-state index in [0.29, 0.717) is 23.6 Å². The Morgan fingerprint density at radius 1 is 1.00 bits per heavy atom. The maximum atomic E-state index is 13.8. The predicted molar refractivity (Wildman–Crippen MR) is 107 cm³/mol. The molecule has 0 spiro atoms. The standard InChI is InChI=1S/C21H19BrFNO3/c1-26-20-10-15(12-24-16-6-8-17(25)9-7-16)18(22)11-21(20)27-13-14-4-2-3-5-19(14)23/h2-11,24-25H,12-13H2,1H3. The van der Waals surface area contributed by atoms with Crippen LogP contribution >= 0.6 is 15.9 Å². The van der Waals surface area contributed by atoms with E-state index < -0.39 is 0 Å². The summed E-state index contributed by atoms with van der Waals surface area (Å²) in [6, 6.07) is 17.0. The van der Waals surface area contributed by atoms with Crippen molar-refractivity contribution in [2.75, 3.05) is 12.4 Å². The zero-order chi connectivity index (χ0) is 19.2. The molecular weight excluding hydrogens is 413 g/mol. The molecule has 6 heteroatoms. The largest absolute Gasteiger partial charge is 0.508 e. The summed E-state index contributed by atoms with van der Waals surface area (Å²) in [5.41, 5.74) is 2.34. The second kappa shape index (κ2) is 8.77. The first-order valence-corrected chi connectivity index (χ1v) is 9.11. The molecule has 0 saturated carbocycles. The van der Waals surface area contributed by atoms with Crippen molar-refractivity contribution in [3.05, 3.63) is 82.1 Å². The summed E-state index contributed by atoms with van der Waals surface area (Å²) < 4.78 is 25.8. The summed E-state index contributed by atoms with van der Waals surface area (Å²) in [5, 5.41) is 12.6. The van der Waals surface area contributed by atoms with E-state index in [9.17, 15) is 9.50 Å². The second-order valence-electron chi connectivity index (χ2n) is 5.87. The number of nitrogens with one attached hydrogen (secondary N) is 1. The molecule has 0 atom stereocenters. The summed E-state index contributed by atoms with van der Waals surface area (Å²) >= 11 is 3.55. The second-order valence-corrected chi connectivity index (χ2v) is 6.73. The first-order chi connectivity index (χ1) is 13.1. The van der Waals surface area contributed by atoms with Gasteiger partial charge in [0.1, 0.15) is 18.2 Å². The number of hydrogen-bond acceptors (Lipinski definition) is 4. The fourth-order valence-corrected chi connectivity index (χ4v) is 3.00. The van der Waals surface area contributed by atoms with Gasteiger partial charge in [-0.2, -0.15) is 0 Å². The third-order valence-electron chi connectivity index (χ3n) is 4.02. The Kier molecular flexibility index (Phi) is 6.19. The van der Waals surface area contributed by atoms with Gasteiger partial charge in [-0.05, 0) is 48.0 Å². The quantitative estimate of drug-likeness (QED) is 0.485. The van der Waals surface area contributed by atoms with Crippen LogP contribution in [0.4, 0.5) is 10.1 Å². The number of phenols is 1. The van der Waals surface area contributed by atoms with Crippen LogP contribution in [0, 0.1) is 5.82 Å². The first-order valence-electron chi connectivity index (χ1n) is 8.32. The van der Waals surface area contributed by atoms with E-state index in [4.69, 9.17) is 9.47 Å². The van der Waals surface area contributed by atoms with Crippen molar-refractivity contribution < 1.29 is 19.0 Å². The molecule has 3 aromatic carbocycles. The minimum absolute atomic E-state index is 0.112. The van der Waals surface area contributed by atoms with Crippen molar-refractivity contribution in [2.45, 2.75) is 13.2 Å². The summed E-state index contributed by atoms with van der Waals surface area (Å²) in [6.07, 6.45) is 0. The molecule has 0 unspecified atom stereocenters. The SMILES string of the molecule is COc1cc(CNc2ccc(O)cc2)c(Br)cc1OCc1ccccc1F. The van der Waals surface area contributed by atoms with Gasteiger partial charge in [0.25, 0.3) is 0 Å². The van der Waals surface area contributed by atoms with E-state index in [1.165, 1.54) is 6.07 Å². The van der Waals surface area contributed by atoms with E-state index in [-0.39, 0.29) is 18.2 Å². The summed E-state index contributed by atoms with van der Waals surface area (Å²) in [7, 11) is 1.57. The van der Waals surface area contributed by atoms with Crippen molar-refractivity contribution in [3.63, 3.8) is 0 Å². The number of ether oxygens (including phenoxy) is 2. The smallest absolute Gasteiger partial charge is 0.162 e. The summed E-state index contributed by atoms with van der Waals surface area (Å²) in [4.78, 5) is 0. The van der Waals surface area contributed by atoms with Crippen molar-refractivity contribution in [2.24, 2.45) is 0 Å². The molecule has 0 aliphatic heterocycles. The maximum Gasteiger partial charge on any atom is 0.162 e. The molecule has 140 valence electrons. The van der Waals surface area contributed by atoms with Crippen molar-refractivity contribution in [3.8, 4) is 17.2 Å². The Bertz CT molecular complexity index is 916. The number of benzene rings is 3. The molecule has 4 nitrogen and oxygen atoms in total. The maximum absolute atomic E-state index is 13.8. The minimum Gasteiger partial charge on any atom is -0.508 e. The lowest BCUT2D eigenvalue weighted by molar-refractivity contribution is 0.279. The number of aromatic hydroxyl groups is 1. The van der Waals surface area contributed by atoms with Crippen LogP contribution in [-0.2, 0) is 13.2 Å². The van der Waals surface area contributed by atoms with E-state index in [1.54, 1.807) is 49.6 Å². The van der Waals surface area contributed by atoms with Gasteiger partial charge in [0.2, 0.25) is 0 Å². The van der Waals surface area contributed by atoms with Gasteiger partial charge in [-0.1, -0.05) is 34.1 Å². The predicted octanol–water partition coefficient (Wildman–Crippen LogP) is 5.49. The van der Waals surface area contributed by atoms with Crippen LogP contribution in [0.1, 0.15) is 11.1 Å². The van der Waals surface area contributed by atoms with Crippen LogP contribution in [0.25, 0.3) is 0 Å². The molecule has 0 aromatic heterocycles. The van der Waals surface area contributed by atoms with Gasteiger partial charge in [-0.3, -0.25) is 0 Å². The molecule has 0 fully saturated rings. The lowest BCUT2D eigenvalue weighted by atomic mass is 10.2. The number of methoxy groups -OCH3 is 1. The van der Waals surface area contributed by atoms with Crippen molar-refractivity contribution in [1.29, 1.82) is 0 Å². The highest BCUT2D eigenvalue weighted by Gasteiger charge is 2.12. The molecule has 0 heterocycles. The van der Waals surface area contributed by atoms with Gasteiger partial charge < -0.3 is 19.9 Å². The highest BCUT2D eigenvalue weighted by atomic mass is 79.9. The highest BCUT2D eigenvalue weighted by Crippen LogP contribution is 2.34. The molecule has 2 N–H and O–H groups in total. The molecule has 0 bridgehead atoms. The average molecular weight is 432 g/mol. The fraction of sp³-hybridized carbons (Fsp3) is 0.143. The number of rotatable bonds is 7. The monoisotopic (exact) mass is 431 g/mol. The number of anilines is 1. The molecule has 0 aliphatic rings. The Labute approximate surface area is 165 Å². The van der Waals surface area contributed by atoms with Gasteiger partial charge in [0.15, 0.2) is 11.5 Å². The number of halogens is 2. The molecule has 3 rings (SSSR count). The van der Waals surface area contributed by atoms with Crippen LogP contribution in [-0.4, -0.2) is 12.2 Å². The zero-order valence-electron chi connectivity index (χ0n) is 14.7. The lowest BCUT2D eigenvalue weighted by Gasteiger charge is -2.15. The van der Waals surface area contributed by atoms with Gasteiger partial charge in [0, 0.05) is 22.3 Å². The van der Waals surface area contributed by atoms with Gasteiger partial charge in [-0.25, -0.2) is 4.39 Å². The molecular formula is C21H19BrFNO3. The van der Waals surface area contributed by atoms with Crippen LogP contribution in [0.2, 0.25) is 0 Å². The van der Waals surface area contributed by atoms with Gasteiger partial charge in [-0.15, -0.1) is 0 Å². The molecule has 3 aromatic rings. The van der Waals surface area contributed by atoms with E-state index >= 15 is 0 Å². The highest BCUT2D eigenvalue weighted by molar-refractivity contribution is 9.10. The lowest BCUT2D eigenvalue weighted by Crippen LogP contribution is -2.03. The van der Waals surface area contributed by atoms with Crippen LogP contribution in [0.15, 0.2) is 65.1 Å². The fourth-order valence-electron chi connectivity index (χ4n) is 2.53. The van der Waals surface area contributed by atoms with Gasteiger partial charge >= 0.3 is 0 Å². The van der Waals surface area contributed by atoms with Crippen LogP contribution in [0.3, 0.4) is 0 Å². The normalized spacial score (nSPS) is 10.5. The topological polar surface area (TPSA) is 50.7 Å². The first kappa shape index (κ1) is 19.0. The Morgan fingerprint density at radius 2 is 1.74 bits per heavy atom. The molecule has 0 aliphatic carbocycles. The van der Waals surface area contributed by atoms with E-state index in [2.05, 4.69) is 21.2 Å². The van der Waals surface area contributed by atoms with E-state index in [0.717, 1.165) is 15.7 Å². The molecule has 0 saturated heterocycles. The van der Waals surface area contributed by atoms with Crippen LogP contribution in [0.5, 0.6) is 17.2 Å². The Morgan fingerprint density at radius 3 is 2.44 bits per heavy atom. The third-order valence-corrected chi connectivity index (χ3v) is 4.76. The summed E-state index contributed by atoms with van der Waals surface area (Å²) in [5.74, 6) is 1.02. The van der Waals surface area contributed by atoms with Crippen LogP contribution < -0.4 is 14.8 Å². The number of phenolic OH excluding ortho intramolecular Hbond substituents is 1. The van der Waals surface area contributed by atoms with E-state index in [1.807, 2.05) is 12.1 Å². The third kappa shape index (κ3) is 4.92. The molecule has 0 radical (unpaired) electrons. The Hall–Kier alpha value is -2.73. The Balaban J connectivity index is 1.72. The van der Waals surface area contributed by atoms with Crippen molar-refractivity contribution in [1.82, 2.24) is 0 Å². The minimum atomic E-state index is -0.301. The number of hydrogen-bond donors (Lipinski definition) is 2.